The highest BCUT2D eigenvalue weighted by molar-refractivity contribution is 7.12. The number of fused-ring (bicyclic) bond motifs is 1. The summed E-state index contributed by atoms with van der Waals surface area (Å²) in [4.78, 5) is 11.8. The SMILES string of the molecule is Cc1cnc(C)c(NCc2cc3c(s2)CCC3)n1. The molecule has 2 aromatic heterocycles. The molecule has 0 saturated heterocycles. The van der Waals surface area contributed by atoms with E-state index in [1.807, 2.05) is 25.2 Å². The van der Waals surface area contributed by atoms with Crippen LogP contribution in [0.2, 0.25) is 0 Å². The Hall–Kier alpha value is -1.42. The lowest BCUT2D eigenvalue weighted by Crippen LogP contribution is -2.04. The Bertz CT molecular complexity index is 553. The minimum Gasteiger partial charge on any atom is -0.364 e. The number of hydrogen-bond acceptors (Lipinski definition) is 4. The van der Waals surface area contributed by atoms with Crippen LogP contribution in [0.25, 0.3) is 0 Å². The number of nitrogens with zero attached hydrogens (tertiary/aromatic N) is 2. The summed E-state index contributed by atoms with van der Waals surface area (Å²) in [7, 11) is 0. The van der Waals surface area contributed by atoms with E-state index in [0.717, 1.165) is 23.8 Å². The largest absolute Gasteiger partial charge is 0.364 e. The van der Waals surface area contributed by atoms with E-state index in [9.17, 15) is 0 Å². The van der Waals surface area contributed by atoms with Crippen LogP contribution in [0, 0.1) is 13.8 Å². The normalized spacial score (nSPS) is 13.7. The van der Waals surface area contributed by atoms with Gasteiger partial charge in [0.2, 0.25) is 0 Å². The van der Waals surface area contributed by atoms with E-state index < -0.39 is 0 Å². The first-order valence-electron chi connectivity index (χ1n) is 6.37. The maximum atomic E-state index is 4.48. The van der Waals surface area contributed by atoms with E-state index in [0.29, 0.717) is 0 Å². The smallest absolute Gasteiger partial charge is 0.148 e. The third-order valence-corrected chi connectivity index (χ3v) is 4.54. The molecule has 0 aliphatic heterocycles. The minimum absolute atomic E-state index is 0.858. The van der Waals surface area contributed by atoms with Gasteiger partial charge in [0.25, 0.3) is 0 Å². The summed E-state index contributed by atoms with van der Waals surface area (Å²) >= 11 is 1.94. The molecule has 0 saturated carbocycles. The fraction of sp³-hybridized carbons (Fsp3) is 0.429. The van der Waals surface area contributed by atoms with Gasteiger partial charge in [-0.15, -0.1) is 11.3 Å². The lowest BCUT2D eigenvalue weighted by molar-refractivity contribution is 0.913. The highest BCUT2D eigenvalue weighted by Crippen LogP contribution is 2.30. The fourth-order valence-electron chi connectivity index (χ4n) is 2.35. The maximum Gasteiger partial charge on any atom is 0.148 e. The summed E-state index contributed by atoms with van der Waals surface area (Å²) in [5.74, 6) is 0.906. The first-order valence-corrected chi connectivity index (χ1v) is 7.18. The zero-order valence-corrected chi connectivity index (χ0v) is 11.6. The Labute approximate surface area is 111 Å². The highest BCUT2D eigenvalue weighted by Gasteiger charge is 2.14. The van der Waals surface area contributed by atoms with Gasteiger partial charge in [0.1, 0.15) is 5.82 Å². The van der Waals surface area contributed by atoms with Crippen LogP contribution in [-0.4, -0.2) is 9.97 Å². The van der Waals surface area contributed by atoms with Crippen LogP contribution in [0.4, 0.5) is 5.82 Å². The van der Waals surface area contributed by atoms with Gasteiger partial charge in [0, 0.05) is 16.0 Å². The Morgan fingerprint density at radius 1 is 1.33 bits per heavy atom. The lowest BCUT2D eigenvalue weighted by Gasteiger charge is -2.07. The summed E-state index contributed by atoms with van der Waals surface area (Å²) in [5, 5.41) is 3.40. The predicted molar refractivity (Wildman–Crippen MR) is 75.2 cm³/mol. The zero-order valence-electron chi connectivity index (χ0n) is 10.8. The van der Waals surface area contributed by atoms with Crippen molar-refractivity contribution in [2.45, 2.75) is 39.7 Å². The molecule has 1 N–H and O–H groups in total. The summed E-state index contributed by atoms with van der Waals surface area (Å²) < 4.78 is 0. The van der Waals surface area contributed by atoms with Crippen LogP contribution in [0.15, 0.2) is 12.3 Å². The molecule has 3 nitrogen and oxygen atoms in total. The van der Waals surface area contributed by atoms with Gasteiger partial charge in [0.15, 0.2) is 0 Å². The average molecular weight is 259 g/mol. The standard InChI is InChI=1S/C14H17N3S/c1-9-7-15-10(2)14(17-9)16-8-12-6-11-4-3-5-13(11)18-12/h6-7H,3-5,8H2,1-2H3,(H,16,17). The van der Waals surface area contributed by atoms with Gasteiger partial charge in [-0.05, 0) is 44.7 Å². The van der Waals surface area contributed by atoms with E-state index >= 15 is 0 Å². The average Bonchev–Trinajstić information content (AvgIpc) is 2.90. The number of aryl methyl sites for hydroxylation is 4. The van der Waals surface area contributed by atoms with E-state index in [4.69, 9.17) is 0 Å². The molecular weight excluding hydrogens is 242 g/mol. The number of nitrogens with one attached hydrogen (secondary N) is 1. The molecule has 1 aliphatic rings. The van der Waals surface area contributed by atoms with Crippen molar-refractivity contribution in [2.75, 3.05) is 5.32 Å². The van der Waals surface area contributed by atoms with Crippen molar-refractivity contribution < 1.29 is 0 Å². The van der Waals surface area contributed by atoms with Gasteiger partial charge in [-0.2, -0.15) is 0 Å². The van der Waals surface area contributed by atoms with Gasteiger partial charge >= 0.3 is 0 Å². The van der Waals surface area contributed by atoms with Crippen LogP contribution in [-0.2, 0) is 19.4 Å². The third-order valence-electron chi connectivity index (χ3n) is 3.30. The third kappa shape index (κ3) is 2.25. The second-order valence-corrected chi connectivity index (χ2v) is 6.03. The summed E-state index contributed by atoms with van der Waals surface area (Å²) in [6.45, 7) is 4.82. The quantitative estimate of drug-likeness (QED) is 0.919. The molecule has 1 aliphatic carbocycles. The first-order chi connectivity index (χ1) is 8.72. The summed E-state index contributed by atoms with van der Waals surface area (Å²) in [5.41, 5.74) is 3.48. The number of rotatable bonds is 3. The van der Waals surface area contributed by atoms with Crippen molar-refractivity contribution in [3.63, 3.8) is 0 Å². The molecule has 2 aromatic rings. The van der Waals surface area contributed by atoms with E-state index in [2.05, 4.69) is 21.4 Å². The maximum absolute atomic E-state index is 4.48. The summed E-state index contributed by atoms with van der Waals surface area (Å²) in [6.07, 6.45) is 5.66. The molecule has 0 bridgehead atoms. The monoisotopic (exact) mass is 259 g/mol. The second-order valence-electron chi connectivity index (χ2n) is 4.81. The van der Waals surface area contributed by atoms with E-state index in [-0.39, 0.29) is 0 Å². The van der Waals surface area contributed by atoms with Crippen LogP contribution in [0.5, 0.6) is 0 Å². The minimum atomic E-state index is 0.858. The Morgan fingerprint density at radius 2 is 2.22 bits per heavy atom. The molecule has 0 aromatic carbocycles. The van der Waals surface area contributed by atoms with Crippen molar-refractivity contribution in [1.29, 1.82) is 0 Å². The molecule has 0 atom stereocenters. The molecule has 94 valence electrons. The Morgan fingerprint density at radius 3 is 3.06 bits per heavy atom. The molecule has 0 spiro atoms. The second kappa shape index (κ2) is 4.69. The van der Waals surface area contributed by atoms with E-state index in [1.54, 1.807) is 16.6 Å². The predicted octanol–water partition coefficient (Wildman–Crippen LogP) is 3.26. The van der Waals surface area contributed by atoms with Crippen molar-refractivity contribution in [1.82, 2.24) is 9.97 Å². The molecule has 2 heterocycles. The number of hydrogen-bond donors (Lipinski definition) is 1. The van der Waals surface area contributed by atoms with E-state index in [1.165, 1.54) is 24.1 Å². The van der Waals surface area contributed by atoms with Gasteiger partial charge < -0.3 is 5.32 Å². The Balaban J connectivity index is 1.71. The van der Waals surface area contributed by atoms with Crippen LogP contribution in [0.3, 0.4) is 0 Å². The van der Waals surface area contributed by atoms with Crippen molar-refractivity contribution in [3.8, 4) is 0 Å². The molecule has 4 heteroatoms. The Kier molecular flexibility index (Phi) is 3.04. The van der Waals surface area contributed by atoms with Crippen LogP contribution < -0.4 is 5.32 Å². The van der Waals surface area contributed by atoms with Gasteiger partial charge in [-0.25, -0.2) is 4.98 Å². The number of aromatic nitrogens is 2. The van der Waals surface area contributed by atoms with Gasteiger partial charge in [-0.3, -0.25) is 4.98 Å². The highest BCUT2D eigenvalue weighted by atomic mass is 32.1. The molecule has 0 fully saturated rings. The molecule has 0 amide bonds. The van der Waals surface area contributed by atoms with Gasteiger partial charge in [-0.1, -0.05) is 0 Å². The van der Waals surface area contributed by atoms with Crippen molar-refractivity contribution in [3.05, 3.63) is 39.0 Å². The first kappa shape index (κ1) is 11.7. The topological polar surface area (TPSA) is 37.8 Å². The molecule has 0 radical (unpaired) electrons. The number of thiophene rings is 1. The van der Waals surface area contributed by atoms with Gasteiger partial charge in [0.05, 0.1) is 17.9 Å². The zero-order chi connectivity index (χ0) is 12.5. The molecule has 0 unspecified atom stereocenters. The van der Waals surface area contributed by atoms with Crippen LogP contribution >= 0.6 is 11.3 Å². The van der Waals surface area contributed by atoms with Crippen molar-refractivity contribution >= 4 is 17.2 Å². The molecular formula is C14H17N3S. The fourth-order valence-corrected chi connectivity index (χ4v) is 3.55. The van der Waals surface area contributed by atoms with Crippen LogP contribution in [0.1, 0.15) is 33.1 Å². The van der Waals surface area contributed by atoms with Crippen molar-refractivity contribution in [2.24, 2.45) is 0 Å². The number of anilines is 1. The summed E-state index contributed by atoms with van der Waals surface area (Å²) in [6, 6.07) is 2.35. The molecule has 18 heavy (non-hydrogen) atoms. The molecule has 3 rings (SSSR count). The lowest BCUT2D eigenvalue weighted by atomic mass is 10.2.